The van der Waals surface area contributed by atoms with Crippen LogP contribution >= 0.6 is 0 Å². The number of nitrogen functional groups attached to an aromatic ring is 1. The molecule has 1 aliphatic heterocycles. The highest BCUT2D eigenvalue weighted by Gasteiger charge is 2.72. The van der Waals surface area contributed by atoms with E-state index < -0.39 is 23.7 Å². The predicted molar refractivity (Wildman–Crippen MR) is 206 cm³/mol. The molecule has 1 saturated heterocycles. The zero-order chi connectivity index (χ0) is 38.9. The largest absolute Gasteiger partial charge is 0.461 e. The monoisotopic (exact) mass is 747 g/mol. The number of nitrogens with two attached hydrogens (primary N) is 1. The number of hydrogen-bond donors (Lipinski definition) is 3. The second-order valence-electron chi connectivity index (χ2n) is 19.3. The number of fused-ring (bicyclic) bond motifs is 3. The second kappa shape index (κ2) is 14.0. The van der Waals surface area contributed by atoms with Crippen molar-refractivity contribution in [1.82, 2.24) is 20.2 Å². The van der Waals surface area contributed by atoms with Gasteiger partial charge in [-0.25, -0.2) is 0 Å². The highest BCUT2D eigenvalue weighted by molar-refractivity contribution is 5.75. The van der Waals surface area contributed by atoms with E-state index in [0.717, 1.165) is 37.7 Å². The Morgan fingerprint density at radius 2 is 1.83 bits per heavy atom. The molecule has 5 aliphatic rings. The fourth-order valence-electron chi connectivity index (χ4n) is 12.8. The van der Waals surface area contributed by atoms with E-state index in [0.29, 0.717) is 37.9 Å². The molecular formula is C43H65N5O6. The van der Waals surface area contributed by atoms with Gasteiger partial charge in [-0.3, -0.25) is 4.79 Å². The standard InChI is InChI=1S/C43H65N5O6/c1-9-42(51,23-49)25-54-35-32(48-46-37(44)45-47-48)21-43-26-52-24-39(35,6)33(43)16-15-30-31(43)17-18-41(8)34(36(50)53-22-29-13-11-10-12-14-29)38(5,28(4)27(2)3)19-20-40(30,41)7/h10-14,17,27-28,30,32-35,49,51H,9,15-16,18-26H2,1-8H3,(H2,44,46)/t28-,30+,32-,33+,34-,35+,38-,39-,40-,41+,42?,43+/m1/s1. The zero-order valence-corrected chi connectivity index (χ0v) is 33.9. The number of rotatable bonds is 11. The van der Waals surface area contributed by atoms with E-state index in [1.54, 1.807) is 4.80 Å². The average molecular weight is 748 g/mol. The molecule has 3 saturated carbocycles. The third-order valence-corrected chi connectivity index (χ3v) is 16.5. The minimum absolute atomic E-state index is 0.0161. The third kappa shape index (κ3) is 5.88. The van der Waals surface area contributed by atoms with Crippen molar-refractivity contribution in [1.29, 1.82) is 0 Å². The van der Waals surface area contributed by atoms with Crippen LogP contribution in [0.4, 0.5) is 5.95 Å². The summed E-state index contributed by atoms with van der Waals surface area (Å²) in [6.45, 7) is 19.3. The molecule has 2 heterocycles. The van der Waals surface area contributed by atoms with Crippen molar-refractivity contribution >= 4 is 11.9 Å². The molecule has 54 heavy (non-hydrogen) atoms. The second-order valence-corrected chi connectivity index (χ2v) is 19.3. The van der Waals surface area contributed by atoms with E-state index in [4.69, 9.17) is 19.9 Å². The fourth-order valence-corrected chi connectivity index (χ4v) is 12.8. The summed E-state index contributed by atoms with van der Waals surface area (Å²) in [5.74, 6) is 1.03. The number of benzene rings is 1. The summed E-state index contributed by atoms with van der Waals surface area (Å²) in [5.41, 5.74) is 5.71. The Hall–Kier alpha value is -2.86. The molecule has 0 spiro atoms. The number of hydrogen-bond acceptors (Lipinski definition) is 10. The highest BCUT2D eigenvalue weighted by Crippen LogP contribution is 2.75. The lowest BCUT2D eigenvalue weighted by Crippen LogP contribution is -2.69. The number of tetrazole rings is 1. The van der Waals surface area contributed by atoms with Crippen molar-refractivity contribution in [2.24, 2.45) is 56.7 Å². The fraction of sp³-hybridized carbons (Fsp3) is 0.767. The molecule has 4 fully saturated rings. The van der Waals surface area contributed by atoms with Crippen LogP contribution in [0, 0.1) is 56.7 Å². The molecule has 11 heteroatoms. The summed E-state index contributed by atoms with van der Waals surface area (Å²) in [7, 11) is 0. The highest BCUT2D eigenvalue weighted by atomic mass is 16.5. The maximum Gasteiger partial charge on any atom is 0.310 e. The van der Waals surface area contributed by atoms with Crippen molar-refractivity contribution in [3.63, 3.8) is 0 Å². The van der Waals surface area contributed by atoms with E-state index in [2.05, 4.69) is 70.0 Å². The molecule has 0 radical (unpaired) electrons. The van der Waals surface area contributed by atoms with Gasteiger partial charge < -0.3 is 30.2 Å². The van der Waals surface area contributed by atoms with Crippen molar-refractivity contribution in [2.45, 2.75) is 125 Å². The molecule has 2 bridgehead atoms. The zero-order valence-electron chi connectivity index (χ0n) is 33.9. The topological polar surface area (TPSA) is 155 Å². The summed E-state index contributed by atoms with van der Waals surface area (Å²) in [6, 6.07) is 9.71. The Labute approximate surface area is 321 Å². The average Bonchev–Trinajstić information content (AvgIpc) is 3.59. The first-order valence-electron chi connectivity index (χ1n) is 20.5. The van der Waals surface area contributed by atoms with Crippen molar-refractivity contribution in [3.05, 3.63) is 47.5 Å². The van der Waals surface area contributed by atoms with Gasteiger partial charge >= 0.3 is 5.97 Å². The molecule has 11 nitrogen and oxygen atoms in total. The van der Waals surface area contributed by atoms with Crippen LogP contribution in [0.25, 0.3) is 0 Å². The molecule has 7 rings (SSSR count). The van der Waals surface area contributed by atoms with Gasteiger partial charge in [-0.05, 0) is 95.6 Å². The lowest BCUT2D eigenvalue weighted by molar-refractivity contribution is -0.259. The first kappa shape index (κ1) is 39.4. The predicted octanol–water partition coefficient (Wildman–Crippen LogP) is 6.56. The van der Waals surface area contributed by atoms with Crippen LogP contribution in [-0.4, -0.2) is 74.5 Å². The van der Waals surface area contributed by atoms with E-state index in [-0.39, 0.29) is 70.6 Å². The number of esters is 1. The molecule has 4 aliphatic carbocycles. The molecule has 1 unspecified atom stereocenters. The van der Waals surface area contributed by atoms with Crippen LogP contribution in [0.5, 0.6) is 0 Å². The first-order valence-corrected chi connectivity index (χ1v) is 20.5. The number of anilines is 1. The van der Waals surface area contributed by atoms with Crippen molar-refractivity contribution in [3.8, 4) is 0 Å². The summed E-state index contributed by atoms with van der Waals surface area (Å²) in [5, 5.41) is 34.2. The quantitative estimate of drug-likeness (QED) is 0.170. The minimum atomic E-state index is -1.36. The van der Waals surface area contributed by atoms with Crippen LogP contribution in [0.2, 0.25) is 0 Å². The van der Waals surface area contributed by atoms with Gasteiger partial charge in [0, 0.05) is 10.8 Å². The van der Waals surface area contributed by atoms with Gasteiger partial charge in [0.1, 0.15) is 18.2 Å². The Balaban J connectivity index is 1.29. The Bertz CT molecular complexity index is 1710. The molecule has 2 aromatic rings. The van der Waals surface area contributed by atoms with Gasteiger partial charge in [-0.15, -0.1) is 5.10 Å². The molecule has 298 valence electrons. The van der Waals surface area contributed by atoms with Crippen molar-refractivity contribution < 1.29 is 29.2 Å². The van der Waals surface area contributed by atoms with E-state index in [9.17, 15) is 15.0 Å². The SMILES string of the molecule is CCC(O)(CO)CO[C@H]1[C@H](n2nnc(N)n2)C[C@@]23COC[C@]1(C)[C@@H]2CC[C@H]1C3=CC[C@@]2(C)[C@H](C(=O)OCc3ccccc3)[C@@](C)([C@H](C)C(C)C)CC[C@]12C. The van der Waals surface area contributed by atoms with Gasteiger partial charge in [-0.1, -0.05) is 102 Å². The van der Waals surface area contributed by atoms with Gasteiger partial charge in [0.25, 0.3) is 5.95 Å². The number of carbonyl (C=O) groups excluding carboxylic acids is 1. The molecule has 4 N–H and O–H groups in total. The number of aromatic nitrogens is 4. The number of carbonyl (C=O) groups is 1. The van der Waals surface area contributed by atoms with Crippen LogP contribution in [0.1, 0.15) is 112 Å². The Morgan fingerprint density at radius 1 is 1.09 bits per heavy atom. The van der Waals surface area contributed by atoms with E-state index >= 15 is 0 Å². The van der Waals surface area contributed by atoms with Gasteiger partial charge in [0.15, 0.2) is 0 Å². The molecule has 12 atom stereocenters. The molecule has 1 aromatic carbocycles. The minimum Gasteiger partial charge on any atom is -0.461 e. The van der Waals surface area contributed by atoms with Gasteiger partial charge in [0.05, 0.1) is 38.4 Å². The van der Waals surface area contributed by atoms with Crippen LogP contribution in [-0.2, 0) is 25.6 Å². The van der Waals surface area contributed by atoms with Crippen LogP contribution in [0.3, 0.4) is 0 Å². The van der Waals surface area contributed by atoms with Gasteiger partial charge in [0.2, 0.25) is 0 Å². The maximum atomic E-state index is 14.8. The number of allylic oxidation sites excluding steroid dienone is 1. The summed E-state index contributed by atoms with van der Waals surface area (Å²) >= 11 is 0. The van der Waals surface area contributed by atoms with Crippen LogP contribution in [0.15, 0.2) is 42.0 Å². The summed E-state index contributed by atoms with van der Waals surface area (Å²) in [4.78, 5) is 16.4. The molecular weight excluding hydrogens is 683 g/mol. The number of nitrogens with zero attached hydrogens (tertiary/aromatic N) is 4. The third-order valence-electron chi connectivity index (χ3n) is 16.5. The lowest BCUT2D eigenvalue weighted by atomic mass is 9.34. The molecule has 1 aromatic heterocycles. The summed E-state index contributed by atoms with van der Waals surface area (Å²) < 4.78 is 19.7. The number of aliphatic hydroxyl groups is 2. The maximum absolute atomic E-state index is 14.8. The van der Waals surface area contributed by atoms with Gasteiger partial charge in [-0.2, -0.15) is 4.80 Å². The normalized spacial score (nSPS) is 40.4. The summed E-state index contributed by atoms with van der Waals surface area (Å²) in [6.07, 6.45) is 7.93. The molecule has 0 amide bonds. The first-order chi connectivity index (χ1) is 25.5. The Morgan fingerprint density at radius 3 is 2.48 bits per heavy atom. The van der Waals surface area contributed by atoms with Crippen LogP contribution < -0.4 is 5.73 Å². The van der Waals surface area contributed by atoms with E-state index in [1.807, 2.05) is 37.3 Å². The number of aliphatic hydroxyl groups excluding tert-OH is 1. The van der Waals surface area contributed by atoms with E-state index in [1.165, 1.54) is 5.57 Å². The lowest BCUT2D eigenvalue weighted by Gasteiger charge is -2.71. The van der Waals surface area contributed by atoms with Crippen molar-refractivity contribution in [2.75, 3.05) is 32.2 Å². The Kier molecular flexibility index (Phi) is 10.2. The number of ether oxygens (including phenoxy) is 3. The smallest absolute Gasteiger partial charge is 0.310 e.